The average molecular weight is 535 g/mol. The van der Waals surface area contributed by atoms with Crippen LogP contribution in [0.15, 0.2) is 11.6 Å². The van der Waals surface area contributed by atoms with E-state index >= 15 is 0 Å². The van der Waals surface area contributed by atoms with Gasteiger partial charge in [-0.05, 0) is 81.6 Å². The summed E-state index contributed by atoms with van der Waals surface area (Å²) in [6, 6.07) is 0. The zero-order valence-corrected chi connectivity index (χ0v) is 22.4. The van der Waals surface area contributed by atoms with E-state index in [1.807, 2.05) is 0 Å². The maximum atomic E-state index is 12.9. The third-order valence-corrected chi connectivity index (χ3v) is 11.9. The van der Waals surface area contributed by atoms with Gasteiger partial charge in [0.1, 0.15) is 19.0 Å². The van der Waals surface area contributed by atoms with Crippen molar-refractivity contribution in [2.24, 2.45) is 28.6 Å². The van der Waals surface area contributed by atoms with E-state index in [0.29, 0.717) is 45.1 Å². The van der Waals surface area contributed by atoms with Crippen LogP contribution in [-0.2, 0) is 23.8 Å². The van der Waals surface area contributed by atoms with Crippen molar-refractivity contribution in [1.82, 2.24) is 0 Å². The van der Waals surface area contributed by atoms with Crippen LogP contribution in [0.1, 0.15) is 78.1 Å². The standard InChI is InChI=1S/C29H42O9/c1-16-25(33)22(31)12-24(37-16)38-18-3-8-27(15-30)20-4-7-26(2)19(17-11-23(32)36-14-17)6-10-29(26,35)21(20)5-9-28(27,34)13-18/h11,15-16,18-22,24-25,31,33-35H,3-10,12-14H2,1-2H3/t16-,18?,19-,20+,21-,22+,24+,25-,26-,27+,28+,29-/m1/s1. The van der Waals surface area contributed by atoms with Crippen LogP contribution in [0.4, 0.5) is 0 Å². The van der Waals surface area contributed by atoms with Gasteiger partial charge < -0.3 is 39.4 Å². The van der Waals surface area contributed by atoms with E-state index < -0.39 is 46.6 Å². The van der Waals surface area contributed by atoms with Crippen LogP contribution in [0, 0.1) is 28.6 Å². The lowest BCUT2D eigenvalue weighted by molar-refractivity contribution is -0.286. The topological polar surface area (TPSA) is 143 Å². The van der Waals surface area contributed by atoms with Gasteiger partial charge in [0.05, 0.1) is 34.9 Å². The first kappa shape index (κ1) is 26.8. The molecule has 6 aliphatic rings. The summed E-state index contributed by atoms with van der Waals surface area (Å²) < 4.78 is 17.1. The fourth-order valence-corrected chi connectivity index (χ4v) is 9.76. The highest BCUT2D eigenvalue weighted by Crippen LogP contribution is 2.70. The fraction of sp³-hybridized carbons (Fsp3) is 0.862. The molecule has 9 heteroatoms. The van der Waals surface area contributed by atoms with E-state index in [1.54, 1.807) is 13.0 Å². The van der Waals surface area contributed by atoms with E-state index in [2.05, 4.69) is 6.92 Å². The molecule has 0 bridgehead atoms. The number of ether oxygens (including phenoxy) is 3. The first-order chi connectivity index (χ1) is 18.0. The Labute approximate surface area is 223 Å². The van der Waals surface area contributed by atoms with Gasteiger partial charge in [-0.2, -0.15) is 0 Å². The van der Waals surface area contributed by atoms with Crippen LogP contribution in [0.3, 0.4) is 0 Å². The Morgan fingerprint density at radius 2 is 1.82 bits per heavy atom. The molecule has 0 aromatic rings. The van der Waals surface area contributed by atoms with E-state index in [-0.39, 0.29) is 36.2 Å². The summed E-state index contributed by atoms with van der Waals surface area (Å²) in [4.78, 5) is 24.7. The molecule has 4 aliphatic carbocycles. The first-order valence-electron chi connectivity index (χ1n) is 14.4. The van der Waals surface area contributed by atoms with Gasteiger partial charge in [-0.15, -0.1) is 0 Å². The molecule has 1 unspecified atom stereocenters. The molecule has 4 N–H and O–H groups in total. The zero-order valence-electron chi connectivity index (χ0n) is 22.4. The van der Waals surface area contributed by atoms with Crippen molar-refractivity contribution < 1.29 is 44.2 Å². The largest absolute Gasteiger partial charge is 0.458 e. The molecule has 2 aliphatic heterocycles. The van der Waals surface area contributed by atoms with Crippen LogP contribution in [-0.4, -0.2) is 81.2 Å². The highest BCUT2D eigenvalue weighted by atomic mass is 16.7. The number of aliphatic hydroxyl groups excluding tert-OH is 2. The third kappa shape index (κ3) is 3.65. The minimum absolute atomic E-state index is 0.0729. The SMILES string of the molecule is C[C@H]1O[C@@H](OC2CC[C@]3(C=O)[C@H]4CC[C@]5(C)[C@@H](C6=CC(=O)OC6)CC[C@@]5(O)[C@@H]4CC[C@]3(O)C2)C[C@H](O)[C@@H]1O. The lowest BCUT2D eigenvalue weighted by Crippen LogP contribution is -2.69. The smallest absolute Gasteiger partial charge is 0.331 e. The van der Waals surface area contributed by atoms with Crippen molar-refractivity contribution >= 4 is 12.3 Å². The van der Waals surface area contributed by atoms with Crippen LogP contribution in [0.25, 0.3) is 0 Å². The Balaban J connectivity index is 1.22. The van der Waals surface area contributed by atoms with E-state index in [9.17, 15) is 30.0 Å². The van der Waals surface area contributed by atoms with Gasteiger partial charge in [-0.25, -0.2) is 4.79 Å². The lowest BCUT2D eigenvalue weighted by atomic mass is 9.41. The van der Waals surface area contributed by atoms with E-state index in [0.717, 1.165) is 31.1 Å². The van der Waals surface area contributed by atoms with Gasteiger partial charge in [0.25, 0.3) is 0 Å². The molecular formula is C29H42O9. The molecule has 0 spiro atoms. The highest BCUT2D eigenvalue weighted by Gasteiger charge is 2.71. The second-order valence-electron chi connectivity index (χ2n) is 13.3. The summed E-state index contributed by atoms with van der Waals surface area (Å²) in [5.74, 6) is -0.473. The Bertz CT molecular complexity index is 1000. The molecule has 12 atom stereocenters. The molecule has 2 heterocycles. The first-order valence-corrected chi connectivity index (χ1v) is 14.4. The summed E-state index contributed by atoms with van der Waals surface area (Å²) in [6.45, 7) is 4.13. The average Bonchev–Trinajstić information content (AvgIpc) is 3.41. The van der Waals surface area contributed by atoms with Gasteiger partial charge in [-0.1, -0.05) is 6.92 Å². The summed E-state index contributed by atoms with van der Waals surface area (Å²) >= 11 is 0. The normalized spacial score (nSPS) is 54.4. The van der Waals surface area contributed by atoms with Crippen LogP contribution in [0.5, 0.6) is 0 Å². The fourth-order valence-electron chi connectivity index (χ4n) is 9.76. The number of carbonyl (C=O) groups is 2. The lowest BCUT2D eigenvalue weighted by Gasteiger charge is -2.65. The summed E-state index contributed by atoms with van der Waals surface area (Å²) in [5, 5.41) is 44.6. The number of fused-ring (bicyclic) bond motifs is 5. The maximum absolute atomic E-state index is 12.9. The van der Waals surface area contributed by atoms with Gasteiger partial charge in [0.2, 0.25) is 0 Å². The maximum Gasteiger partial charge on any atom is 0.331 e. The molecule has 0 radical (unpaired) electrons. The number of cyclic esters (lactones) is 1. The third-order valence-electron chi connectivity index (χ3n) is 11.9. The highest BCUT2D eigenvalue weighted by molar-refractivity contribution is 5.85. The van der Waals surface area contributed by atoms with Crippen molar-refractivity contribution in [3.8, 4) is 0 Å². The Kier molecular flexibility index (Phi) is 6.41. The van der Waals surface area contributed by atoms with Gasteiger partial charge in [0, 0.05) is 24.3 Å². The molecule has 38 heavy (non-hydrogen) atoms. The Hall–Kier alpha value is -1.36. The molecule has 0 aromatic carbocycles. The number of esters is 1. The number of aldehydes is 1. The van der Waals surface area contributed by atoms with Crippen molar-refractivity contribution in [2.45, 2.75) is 120 Å². The molecule has 212 valence electrons. The molecule has 6 rings (SSSR count). The second-order valence-corrected chi connectivity index (χ2v) is 13.3. The molecule has 9 nitrogen and oxygen atoms in total. The van der Waals surface area contributed by atoms with E-state index in [1.165, 1.54) is 0 Å². The van der Waals surface area contributed by atoms with Crippen molar-refractivity contribution in [3.05, 3.63) is 11.6 Å². The molecular weight excluding hydrogens is 492 g/mol. The number of hydrogen-bond donors (Lipinski definition) is 4. The van der Waals surface area contributed by atoms with Crippen LogP contribution in [0.2, 0.25) is 0 Å². The summed E-state index contributed by atoms with van der Waals surface area (Å²) in [7, 11) is 0. The van der Waals surface area contributed by atoms with Crippen LogP contribution < -0.4 is 0 Å². The number of carbonyl (C=O) groups excluding carboxylic acids is 2. The van der Waals surface area contributed by atoms with Crippen molar-refractivity contribution in [2.75, 3.05) is 6.61 Å². The minimum Gasteiger partial charge on any atom is -0.458 e. The Morgan fingerprint density at radius 1 is 1.05 bits per heavy atom. The van der Waals surface area contributed by atoms with Crippen molar-refractivity contribution in [1.29, 1.82) is 0 Å². The molecule has 5 fully saturated rings. The predicted molar refractivity (Wildman–Crippen MR) is 133 cm³/mol. The molecule has 0 amide bonds. The van der Waals surface area contributed by atoms with Gasteiger partial charge in [-0.3, -0.25) is 0 Å². The molecule has 4 saturated carbocycles. The van der Waals surface area contributed by atoms with Gasteiger partial charge >= 0.3 is 5.97 Å². The van der Waals surface area contributed by atoms with E-state index in [4.69, 9.17) is 14.2 Å². The molecule has 1 saturated heterocycles. The van der Waals surface area contributed by atoms with Gasteiger partial charge in [0.15, 0.2) is 6.29 Å². The van der Waals surface area contributed by atoms with Crippen LogP contribution >= 0.6 is 0 Å². The second kappa shape index (κ2) is 9.08. The monoisotopic (exact) mass is 534 g/mol. The number of aliphatic hydroxyl groups is 4. The quantitative estimate of drug-likeness (QED) is 0.241. The summed E-state index contributed by atoms with van der Waals surface area (Å²) in [5.41, 5.74) is -2.60. The zero-order chi connectivity index (χ0) is 27.1. The number of hydrogen-bond acceptors (Lipinski definition) is 9. The Morgan fingerprint density at radius 3 is 2.50 bits per heavy atom. The number of rotatable bonds is 4. The molecule has 0 aromatic heterocycles. The predicted octanol–water partition coefficient (Wildman–Crippen LogP) is 1.78. The minimum atomic E-state index is -1.24. The summed E-state index contributed by atoms with van der Waals surface area (Å²) in [6.07, 6.45) is 4.50. The van der Waals surface area contributed by atoms with Crippen molar-refractivity contribution in [3.63, 3.8) is 0 Å².